The summed E-state index contributed by atoms with van der Waals surface area (Å²) in [7, 11) is 0. The second kappa shape index (κ2) is 6.79. The van der Waals surface area contributed by atoms with Crippen LogP contribution in [0.15, 0.2) is 48.5 Å². The van der Waals surface area contributed by atoms with Crippen LogP contribution in [0, 0.1) is 0 Å². The lowest BCUT2D eigenvalue weighted by Gasteiger charge is -2.18. The fraction of sp³-hybridized carbons (Fsp3) is 0.235. The number of urea groups is 1. The molecule has 0 aliphatic heterocycles. The summed E-state index contributed by atoms with van der Waals surface area (Å²) in [6.45, 7) is 4.26. The molecule has 110 valence electrons. The third-order valence-electron chi connectivity index (χ3n) is 3.45. The predicted octanol–water partition coefficient (Wildman–Crippen LogP) is 3.91. The van der Waals surface area contributed by atoms with Gasteiger partial charge in [-0.05, 0) is 42.7 Å². The minimum absolute atomic E-state index is 0.181. The Morgan fingerprint density at radius 2 is 1.81 bits per heavy atom. The number of para-hydroxylation sites is 1. The Hall–Kier alpha value is -2.49. The van der Waals surface area contributed by atoms with Crippen LogP contribution in [0.2, 0.25) is 0 Å². The Labute approximate surface area is 125 Å². The predicted molar refractivity (Wildman–Crippen MR) is 87.5 cm³/mol. The number of carbonyl (C=O) groups is 1. The first-order chi connectivity index (χ1) is 10.1. The van der Waals surface area contributed by atoms with E-state index in [1.54, 1.807) is 0 Å². The van der Waals surface area contributed by atoms with Gasteiger partial charge in [0, 0.05) is 17.4 Å². The van der Waals surface area contributed by atoms with Crippen molar-refractivity contribution in [3.8, 4) is 0 Å². The molecule has 1 unspecified atom stereocenters. The standard InChI is InChI=1S/C17H21N3O/c1-3-13-6-4-5-7-16(13)19-12(2)14-8-10-15(11-9-14)20-17(18)21/h4-12,19H,3H2,1-2H3,(H3,18,20,21). The van der Waals surface area contributed by atoms with E-state index in [1.165, 1.54) is 5.56 Å². The van der Waals surface area contributed by atoms with E-state index in [4.69, 9.17) is 5.73 Å². The number of nitrogens with two attached hydrogens (primary N) is 1. The van der Waals surface area contributed by atoms with E-state index in [0.717, 1.165) is 17.7 Å². The van der Waals surface area contributed by atoms with Gasteiger partial charge in [0.15, 0.2) is 0 Å². The molecule has 0 aliphatic rings. The monoisotopic (exact) mass is 283 g/mol. The van der Waals surface area contributed by atoms with Crippen LogP contribution in [-0.2, 0) is 6.42 Å². The molecule has 0 aliphatic carbocycles. The summed E-state index contributed by atoms with van der Waals surface area (Å²) in [5, 5.41) is 6.08. The van der Waals surface area contributed by atoms with Gasteiger partial charge in [-0.3, -0.25) is 0 Å². The van der Waals surface area contributed by atoms with Crippen LogP contribution in [0.5, 0.6) is 0 Å². The van der Waals surface area contributed by atoms with E-state index in [0.29, 0.717) is 5.69 Å². The van der Waals surface area contributed by atoms with Gasteiger partial charge in [0.05, 0.1) is 0 Å². The average Bonchev–Trinajstić information content (AvgIpc) is 2.48. The summed E-state index contributed by atoms with van der Waals surface area (Å²) in [4.78, 5) is 10.8. The number of carbonyl (C=O) groups excluding carboxylic acids is 1. The third kappa shape index (κ3) is 3.99. The maximum absolute atomic E-state index is 10.8. The zero-order valence-corrected chi connectivity index (χ0v) is 12.4. The normalized spacial score (nSPS) is 11.7. The van der Waals surface area contributed by atoms with Crippen molar-refractivity contribution in [3.63, 3.8) is 0 Å². The molecular weight excluding hydrogens is 262 g/mol. The number of hydrogen-bond acceptors (Lipinski definition) is 2. The highest BCUT2D eigenvalue weighted by Crippen LogP contribution is 2.23. The van der Waals surface area contributed by atoms with E-state index < -0.39 is 6.03 Å². The van der Waals surface area contributed by atoms with Crippen molar-refractivity contribution in [2.24, 2.45) is 5.73 Å². The molecule has 1 atom stereocenters. The Bertz CT molecular complexity index is 608. The van der Waals surface area contributed by atoms with Gasteiger partial charge in [-0.25, -0.2) is 4.79 Å². The number of benzene rings is 2. The van der Waals surface area contributed by atoms with E-state index in [2.05, 4.69) is 42.7 Å². The molecule has 4 heteroatoms. The van der Waals surface area contributed by atoms with Gasteiger partial charge in [-0.1, -0.05) is 37.3 Å². The Morgan fingerprint density at radius 1 is 1.14 bits per heavy atom. The van der Waals surface area contributed by atoms with Crippen molar-refractivity contribution in [1.29, 1.82) is 0 Å². The van der Waals surface area contributed by atoms with Gasteiger partial charge in [0.2, 0.25) is 0 Å². The largest absolute Gasteiger partial charge is 0.378 e. The average molecular weight is 283 g/mol. The molecule has 0 fully saturated rings. The maximum Gasteiger partial charge on any atom is 0.316 e. The fourth-order valence-electron chi connectivity index (χ4n) is 2.28. The summed E-state index contributed by atoms with van der Waals surface area (Å²) < 4.78 is 0. The van der Waals surface area contributed by atoms with E-state index in [-0.39, 0.29) is 6.04 Å². The number of anilines is 2. The van der Waals surface area contributed by atoms with Crippen LogP contribution in [-0.4, -0.2) is 6.03 Å². The SMILES string of the molecule is CCc1ccccc1NC(C)c1ccc(NC(N)=O)cc1. The summed E-state index contributed by atoms with van der Waals surface area (Å²) in [5.74, 6) is 0. The van der Waals surface area contributed by atoms with E-state index in [9.17, 15) is 4.79 Å². The zero-order valence-electron chi connectivity index (χ0n) is 12.4. The Morgan fingerprint density at radius 3 is 2.43 bits per heavy atom. The number of rotatable bonds is 5. The van der Waals surface area contributed by atoms with Crippen LogP contribution in [0.25, 0.3) is 0 Å². The van der Waals surface area contributed by atoms with Crippen molar-refractivity contribution >= 4 is 17.4 Å². The Kier molecular flexibility index (Phi) is 4.82. The Balaban J connectivity index is 2.09. The lowest BCUT2D eigenvalue weighted by molar-refractivity contribution is 0.259. The highest BCUT2D eigenvalue weighted by atomic mass is 16.2. The van der Waals surface area contributed by atoms with Crippen LogP contribution in [0.1, 0.15) is 31.0 Å². The van der Waals surface area contributed by atoms with Crippen LogP contribution in [0.3, 0.4) is 0 Å². The molecule has 2 rings (SSSR count). The van der Waals surface area contributed by atoms with Gasteiger partial charge in [-0.2, -0.15) is 0 Å². The number of amides is 2. The van der Waals surface area contributed by atoms with Gasteiger partial charge >= 0.3 is 6.03 Å². The van der Waals surface area contributed by atoms with Gasteiger partial charge in [-0.15, -0.1) is 0 Å². The highest BCUT2D eigenvalue weighted by Gasteiger charge is 2.07. The van der Waals surface area contributed by atoms with Crippen LogP contribution < -0.4 is 16.4 Å². The second-order valence-electron chi connectivity index (χ2n) is 4.99. The maximum atomic E-state index is 10.8. The lowest BCUT2D eigenvalue weighted by Crippen LogP contribution is -2.19. The first-order valence-electron chi connectivity index (χ1n) is 7.11. The molecule has 2 aromatic rings. The second-order valence-corrected chi connectivity index (χ2v) is 4.99. The highest BCUT2D eigenvalue weighted by molar-refractivity contribution is 5.87. The van der Waals surface area contributed by atoms with Gasteiger partial charge in [0.25, 0.3) is 0 Å². The molecule has 4 N–H and O–H groups in total. The molecule has 4 nitrogen and oxygen atoms in total. The van der Waals surface area contributed by atoms with Crippen LogP contribution in [0.4, 0.5) is 16.2 Å². The molecule has 0 bridgehead atoms. The number of aryl methyl sites for hydroxylation is 1. The summed E-state index contributed by atoms with van der Waals surface area (Å²) in [5.41, 5.74) is 9.41. The molecule has 0 saturated heterocycles. The quantitative estimate of drug-likeness (QED) is 0.778. The van der Waals surface area contributed by atoms with Crippen molar-refractivity contribution in [2.75, 3.05) is 10.6 Å². The summed E-state index contributed by atoms with van der Waals surface area (Å²) >= 11 is 0. The lowest BCUT2D eigenvalue weighted by atomic mass is 10.1. The van der Waals surface area contributed by atoms with E-state index >= 15 is 0 Å². The molecule has 2 aromatic carbocycles. The summed E-state index contributed by atoms with van der Waals surface area (Å²) in [6, 6.07) is 15.6. The summed E-state index contributed by atoms with van der Waals surface area (Å²) in [6.07, 6.45) is 0.997. The third-order valence-corrected chi connectivity index (χ3v) is 3.45. The topological polar surface area (TPSA) is 67.2 Å². The number of primary amides is 1. The van der Waals surface area contributed by atoms with Crippen LogP contribution >= 0.6 is 0 Å². The molecule has 2 amide bonds. The van der Waals surface area contributed by atoms with E-state index in [1.807, 2.05) is 30.3 Å². The zero-order chi connectivity index (χ0) is 15.2. The molecule has 21 heavy (non-hydrogen) atoms. The fourth-order valence-corrected chi connectivity index (χ4v) is 2.28. The molecule has 0 aromatic heterocycles. The van der Waals surface area contributed by atoms with Crippen molar-refractivity contribution in [3.05, 3.63) is 59.7 Å². The molecule has 0 saturated carbocycles. The number of nitrogens with one attached hydrogen (secondary N) is 2. The minimum Gasteiger partial charge on any atom is -0.378 e. The molecule has 0 radical (unpaired) electrons. The van der Waals surface area contributed by atoms with Crippen molar-refractivity contribution in [1.82, 2.24) is 0 Å². The molecular formula is C17H21N3O. The van der Waals surface area contributed by atoms with Crippen molar-refractivity contribution in [2.45, 2.75) is 26.3 Å². The molecule has 0 spiro atoms. The first-order valence-corrected chi connectivity index (χ1v) is 7.11. The smallest absolute Gasteiger partial charge is 0.316 e. The van der Waals surface area contributed by atoms with Gasteiger partial charge < -0.3 is 16.4 Å². The first kappa shape index (κ1) is 14.9. The number of hydrogen-bond donors (Lipinski definition) is 3. The van der Waals surface area contributed by atoms with Crippen molar-refractivity contribution < 1.29 is 4.79 Å². The molecule has 0 heterocycles. The minimum atomic E-state index is -0.550. The van der Waals surface area contributed by atoms with Gasteiger partial charge in [0.1, 0.15) is 0 Å².